The summed E-state index contributed by atoms with van der Waals surface area (Å²) in [5.41, 5.74) is 7.87. The second-order valence-corrected chi connectivity index (χ2v) is 6.61. The van der Waals surface area contributed by atoms with Crippen molar-refractivity contribution in [2.45, 2.75) is 46.1 Å². The largest absolute Gasteiger partial charge is 0.384 e. The summed E-state index contributed by atoms with van der Waals surface area (Å²) in [6, 6.07) is 5.68. The fourth-order valence-corrected chi connectivity index (χ4v) is 3.47. The molecule has 1 heterocycles. The number of piperidine rings is 1. The summed E-state index contributed by atoms with van der Waals surface area (Å²) in [4.78, 5) is 2.48. The first-order valence-corrected chi connectivity index (χ1v) is 8.22. The van der Waals surface area contributed by atoms with Crippen LogP contribution in [0.2, 0.25) is 5.02 Å². The Morgan fingerprint density at radius 2 is 1.90 bits per heavy atom. The van der Waals surface area contributed by atoms with E-state index in [2.05, 4.69) is 18.7 Å². The molecule has 0 saturated carbocycles. The van der Waals surface area contributed by atoms with Crippen LogP contribution in [-0.4, -0.2) is 23.8 Å². The minimum absolute atomic E-state index is 0.0668. The molecular weight excluding hydrogens is 282 g/mol. The maximum Gasteiger partial charge on any atom is 0.122 e. The van der Waals surface area contributed by atoms with Crippen molar-refractivity contribution in [1.29, 1.82) is 5.41 Å². The van der Waals surface area contributed by atoms with Crippen molar-refractivity contribution in [2.24, 2.45) is 11.1 Å². The van der Waals surface area contributed by atoms with E-state index < -0.39 is 0 Å². The highest BCUT2D eigenvalue weighted by atomic mass is 35.5. The molecule has 116 valence electrons. The summed E-state index contributed by atoms with van der Waals surface area (Å²) in [6.07, 6.45) is 5.13. The molecule has 4 heteroatoms. The molecular formula is C17H26ClN3. The number of rotatable bonds is 5. The van der Waals surface area contributed by atoms with Crippen LogP contribution in [0, 0.1) is 10.8 Å². The third kappa shape index (κ3) is 3.78. The highest BCUT2D eigenvalue weighted by Gasteiger charge is 2.31. The molecule has 0 bridgehead atoms. The third-order valence-electron chi connectivity index (χ3n) is 5.17. The molecule has 1 aromatic rings. The maximum absolute atomic E-state index is 7.45. The van der Waals surface area contributed by atoms with Gasteiger partial charge in [-0.05, 0) is 43.0 Å². The molecule has 0 aliphatic carbocycles. The van der Waals surface area contributed by atoms with Gasteiger partial charge in [0, 0.05) is 17.1 Å². The molecule has 1 aliphatic heterocycles. The van der Waals surface area contributed by atoms with Crippen LogP contribution in [0.4, 0.5) is 0 Å². The smallest absolute Gasteiger partial charge is 0.122 e. The second kappa shape index (κ2) is 6.80. The summed E-state index contributed by atoms with van der Waals surface area (Å²) >= 11 is 6.32. The van der Waals surface area contributed by atoms with Crippen molar-refractivity contribution < 1.29 is 0 Å². The van der Waals surface area contributed by atoms with Gasteiger partial charge in [0.25, 0.3) is 0 Å². The van der Waals surface area contributed by atoms with Crippen molar-refractivity contribution in [2.75, 3.05) is 13.1 Å². The van der Waals surface area contributed by atoms with E-state index in [0.717, 1.165) is 25.2 Å². The maximum atomic E-state index is 7.45. The van der Waals surface area contributed by atoms with Gasteiger partial charge in [0.1, 0.15) is 5.84 Å². The molecule has 1 aliphatic rings. The molecule has 2 rings (SSSR count). The van der Waals surface area contributed by atoms with Crippen molar-refractivity contribution >= 4 is 17.4 Å². The summed E-state index contributed by atoms with van der Waals surface area (Å²) in [5, 5.41) is 8.16. The zero-order valence-electron chi connectivity index (χ0n) is 13.1. The molecule has 0 aromatic heterocycles. The normalized spacial score (nSPS) is 18.6. The molecule has 0 radical (unpaired) electrons. The number of likely N-dealkylation sites (tertiary alicyclic amines) is 1. The summed E-state index contributed by atoms with van der Waals surface area (Å²) in [6.45, 7) is 7.81. The fourth-order valence-electron chi connectivity index (χ4n) is 3.23. The Morgan fingerprint density at radius 1 is 1.29 bits per heavy atom. The van der Waals surface area contributed by atoms with Crippen LogP contribution >= 0.6 is 11.6 Å². The minimum atomic E-state index is 0.0668. The van der Waals surface area contributed by atoms with Gasteiger partial charge in [0.05, 0.1) is 0 Å². The van der Waals surface area contributed by atoms with Crippen LogP contribution in [0.15, 0.2) is 18.2 Å². The number of nitrogen functional groups attached to an aromatic ring is 1. The minimum Gasteiger partial charge on any atom is -0.384 e. The monoisotopic (exact) mass is 307 g/mol. The second-order valence-electron chi connectivity index (χ2n) is 6.20. The number of nitrogens with zero attached hydrogens (tertiary/aromatic N) is 1. The number of benzene rings is 1. The Bertz CT molecular complexity index is 499. The molecule has 1 aromatic carbocycles. The van der Waals surface area contributed by atoms with Gasteiger partial charge >= 0.3 is 0 Å². The van der Waals surface area contributed by atoms with E-state index in [1.807, 2.05) is 12.1 Å². The van der Waals surface area contributed by atoms with Crippen LogP contribution in [-0.2, 0) is 6.54 Å². The molecule has 3 nitrogen and oxygen atoms in total. The lowest BCUT2D eigenvalue weighted by Gasteiger charge is -2.41. The van der Waals surface area contributed by atoms with Gasteiger partial charge in [-0.2, -0.15) is 0 Å². The first-order chi connectivity index (χ1) is 9.99. The van der Waals surface area contributed by atoms with Crippen LogP contribution in [0.25, 0.3) is 0 Å². The molecule has 0 amide bonds. The Labute approximate surface area is 133 Å². The first kappa shape index (κ1) is 16.3. The number of nitrogens with one attached hydrogen (secondary N) is 1. The molecule has 0 spiro atoms. The van der Waals surface area contributed by atoms with E-state index in [9.17, 15) is 0 Å². The van der Waals surface area contributed by atoms with Gasteiger partial charge in [-0.25, -0.2) is 0 Å². The van der Waals surface area contributed by atoms with Crippen LogP contribution in [0.1, 0.15) is 50.7 Å². The van der Waals surface area contributed by atoms with Gasteiger partial charge < -0.3 is 5.73 Å². The van der Waals surface area contributed by atoms with E-state index in [1.54, 1.807) is 6.07 Å². The Hall–Kier alpha value is -1.06. The van der Waals surface area contributed by atoms with E-state index in [-0.39, 0.29) is 5.84 Å². The number of halogens is 1. The molecule has 3 N–H and O–H groups in total. The zero-order chi connectivity index (χ0) is 15.5. The topological polar surface area (TPSA) is 53.1 Å². The van der Waals surface area contributed by atoms with Gasteiger partial charge in [-0.3, -0.25) is 10.3 Å². The SMILES string of the molecule is CCC1(CC)CCN(Cc2ccc(C(=N)N)cc2Cl)CC1. The predicted molar refractivity (Wildman–Crippen MR) is 90.0 cm³/mol. The predicted octanol–water partition coefficient (Wildman–Crippen LogP) is 4.03. The van der Waals surface area contributed by atoms with Crippen LogP contribution in [0.3, 0.4) is 0 Å². The molecule has 0 atom stereocenters. The summed E-state index contributed by atoms with van der Waals surface area (Å²) < 4.78 is 0. The highest BCUT2D eigenvalue weighted by Crippen LogP contribution is 2.38. The number of nitrogens with two attached hydrogens (primary N) is 1. The third-order valence-corrected chi connectivity index (χ3v) is 5.53. The fraction of sp³-hybridized carbons (Fsp3) is 0.588. The molecule has 21 heavy (non-hydrogen) atoms. The summed E-state index contributed by atoms with van der Waals surface area (Å²) in [5.74, 6) is 0.0668. The molecule has 1 saturated heterocycles. The van der Waals surface area contributed by atoms with Crippen LogP contribution < -0.4 is 5.73 Å². The lowest BCUT2D eigenvalue weighted by atomic mass is 9.74. The Morgan fingerprint density at radius 3 is 2.38 bits per heavy atom. The van der Waals surface area contributed by atoms with Crippen LogP contribution in [0.5, 0.6) is 0 Å². The zero-order valence-corrected chi connectivity index (χ0v) is 13.8. The lowest BCUT2D eigenvalue weighted by Crippen LogP contribution is -2.39. The summed E-state index contributed by atoms with van der Waals surface area (Å²) in [7, 11) is 0. The van der Waals surface area contributed by atoms with E-state index in [1.165, 1.54) is 25.7 Å². The van der Waals surface area contributed by atoms with Crippen molar-refractivity contribution in [3.63, 3.8) is 0 Å². The number of amidine groups is 1. The van der Waals surface area contributed by atoms with Crippen molar-refractivity contribution in [1.82, 2.24) is 4.90 Å². The quantitative estimate of drug-likeness (QED) is 0.637. The average molecular weight is 308 g/mol. The molecule has 1 fully saturated rings. The first-order valence-electron chi connectivity index (χ1n) is 7.85. The Balaban J connectivity index is 1.99. The van der Waals surface area contributed by atoms with E-state index in [4.69, 9.17) is 22.7 Å². The van der Waals surface area contributed by atoms with E-state index in [0.29, 0.717) is 16.0 Å². The van der Waals surface area contributed by atoms with Gasteiger partial charge in [-0.1, -0.05) is 50.4 Å². The Kier molecular flexibility index (Phi) is 5.28. The highest BCUT2D eigenvalue weighted by molar-refractivity contribution is 6.31. The number of hydrogen-bond acceptors (Lipinski definition) is 2. The standard InChI is InChI=1S/C17H26ClN3/c1-3-17(4-2)7-9-21(10-8-17)12-14-6-5-13(16(19)20)11-15(14)18/h5-6,11H,3-4,7-10,12H2,1-2H3,(H3,19,20). The van der Waals surface area contributed by atoms with Gasteiger partial charge in [0.15, 0.2) is 0 Å². The number of hydrogen-bond donors (Lipinski definition) is 2. The van der Waals surface area contributed by atoms with Gasteiger partial charge in [-0.15, -0.1) is 0 Å². The van der Waals surface area contributed by atoms with Crippen molar-refractivity contribution in [3.05, 3.63) is 34.3 Å². The van der Waals surface area contributed by atoms with E-state index >= 15 is 0 Å². The lowest BCUT2D eigenvalue weighted by molar-refractivity contribution is 0.0909. The molecule has 0 unspecified atom stereocenters. The van der Waals surface area contributed by atoms with Crippen molar-refractivity contribution in [3.8, 4) is 0 Å². The average Bonchev–Trinajstić information content (AvgIpc) is 2.50. The van der Waals surface area contributed by atoms with Gasteiger partial charge in [0.2, 0.25) is 0 Å².